The summed E-state index contributed by atoms with van der Waals surface area (Å²) in [6.45, 7) is 2.22. The van der Waals surface area contributed by atoms with E-state index < -0.39 is 29.1 Å². The lowest BCUT2D eigenvalue weighted by molar-refractivity contribution is -0.137. The molecule has 1 aromatic carbocycles. The molecule has 0 heterocycles. The SMILES string of the molecule is CCCCCCCOC(=O)c1ccc(C(F)(F)F)cc1F. The lowest BCUT2D eigenvalue weighted by Gasteiger charge is -2.09. The van der Waals surface area contributed by atoms with Crippen LogP contribution in [-0.2, 0) is 10.9 Å². The molecule has 0 aliphatic carbocycles. The fraction of sp³-hybridized carbons (Fsp3) is 0.533. The number of alkyl halides is 3. The van der Waals surface area contributed by atoms with E-state index in [9.17, 15) is 22.4 Å². The predicted molar refractivity (Wildman–Crippen MR) is 70.4 cm³/mol. The first kappa shape index (κ1) is 17.5. The summed E-state index contributed by atoms with van der Waals surface area (Å²) >= 11 is 0. The average Bonchev–Trinajstić information content (AvgIpc) is 2.41. The van der Waals surface area contributed by atoms with Gasteiger partial charge in [-0.15, -0.1) is 0 Å². The topological polar surface area (TPSA) is 26.3 Å². The van der Waals surface area contributed by atoms with Crippen LogP contribution in [0.15, 0.2) is 18.2 Å². The molecule has 0 atom stereocenters. The Labute approximate surface area is 121 Å². The van der Waals surface area contributed by atoms with Gasteiger partial charge in [0.1, 0.15) is 5.82 Å². The van der Waals surface area contributed by atoms with Crippen molar-refractivity contribution >= 4 is 5.97 Å². The van der Waals surface area contributed by atoms with Crippen LogP contribution in [0.5, 0.6) is 0 Å². The Morgan fingerprint density at radius 1 is 1.14 bits per heavy atom. The van der Waals surface area contributed by atoms with Gasteiger partial charge >= 0.3 is 12.1 Å². The van der Waals surface area contributed by atoms with E-state index >= 15 is 0 Å². The quantitative estimate of drug-likeness (QED) is 0.404. The van der Waals surface area contributed by atoms with E-state index in [4.69, 9.17) is 4.74 Å². The first-order valence-corrected chi connectivity index (χ1v) is 6.90. The molecule has 0 aromatic heterocycles. The third-order valence-corrected chi connectivity index (χ3v) is 3.00. The summed E-state index contributed by atoms with van der Waals surface area (Å²) in [6, 6.07) is 1.77. The summed E-state index contributed by atoms with van der Waals surface area (Å²) in [4.78, 5) is 11.6. The minimum Gasteiger partial charge on any atom is -0.462 e. The molecule has 0 fully saturated rings. The monoisotopic (exact) mass is 306 g/mol. The van der Waals surface area contributed by atoms with Crippen LogP contribution >= 0.6 is 0 Å². The van der Waals surface area contributed by atoms with Gasteiger partial charge in [-0.3, -0.25) is 0 Å². The van der Waals surface area contributed by atoms with Gasteiger partial charge < -0.3 is 4.74 Å². The van der Waals surface area contributed by atoms with Crippen molar-refractivity contribution in [3.05, 3.63) is 35.1 Å². The molecule has 0 N–H and O–H groups in total. The van der Waals surface area contributed by atoms with E-state index in [0.29, 0.717) is 18.6 Å². The second-order valence-electron chi connectivity index (χ2n) is 4.74. The normalized spacial score (nSPS) is 11.5. The molecule has 21 heavy (non-hydrogen) atoms. The van der Waals surface area contributed by atoms with Crippen molar-refractivity contribution < 1.29 is 27.1 Å². The highest BCUT2D eigenvalue weighted by Crippen LogP contribution is 2.30. The van der Waals surface area contributed by atoms with Gasteiger partial charge in [0.15, 0.2) is 0 Å². The highest BCUT2D eigenvalue weighted by molar-refractivity contribution is 5.89. The molecule has 0 aliphatic heterocycles. The van der Waals surface area contributed by atoms with Gasteiger partial charge in [0.25, 0.3) is 0 Å². The lowest BCUT2D eigenvalue weighted by Crippen LogP contribution is -2.11. The van der Waals surface area contributed by atoms with E-state index in [0.717, 1.165) is 31.7 Å². The number of benzene rings is 1. The van der Waals surface area contributed by atoms with Gasteiger partial charge in [-0.2, -0.15) is 13.2 Å². The van der Waals surface area contributed by atoms with Crippen molar-refractivity contribution in [3.8, 4) is 0 Å². The molecule has 0 aliphatic rings. The molecule has 0 spiro atoms. The third kappa shape index (κ3) is 5.73. The predicted octanol–water partition coefficient (Wildman–Crippen LogP) is 4.97. The third-order valence-electron chi connectivity index (χ3n) is 3.00. The molecule has 118 valence electrons. The maximum absolute atomic E-state index is 13.5. The number of rotatable bonds is 7. The fourth-order valence-corrected chi connectivity index (χ4v) is 1.81. The summed E-state index contributed by atoms with van der Waals surface area (Å²) in [7, 11) is 0. The molecule has 2 nitrogen and oxygen atoms in total. The van der Waals surface area contributed by atoms with Crippen LogP contribution in [0.1, 0.15) is 54.9 Å². The van der Waals surface area contributed by atoms with Crippen LogP contribution in [0.2, 0.25) is 0 Å². The Bertz CT molecular complexity index is 469. The number of unbranched alkanes of at least 4 members (excludes halogenated alkanes) is 4. The lowest BCUT2D eigenvalue weighted by atomic mass is 10.1. The zero-order valence-corrected chi connectivity index (χ0v) is 11.8. The highest BCUT2D eigenvalue weighted by atomic mass is 19.4. The van der Waals surface area contributed by atoms with Gasteiger partial charge in [-0.1, -0.05) is 32.6 Å². The molecule has 6 heteroatoms. The number of esters is 1. The van der Waals surface area contributed by atoms with Gasteiger partial charge in [0.2, 0.25) is 0 Å². The van der Waals surface area contributed by atoms with Crippen LogP contribution in [0, 0.1) is 5.82 Å². The number of ether oxygens (including phenoxy) is 1. The maximum atomic E-state index is 13.5. The summed E-state index contributed by atoms with van der Waals surface area (Å²) in [6.07, 6.45) is 0.147. The summed E-state index contributed by atoms with van der Waals surface area (Å²) < 4.78 is 55.5. The standard InChI is InChI=1S/C15H18F4O2/c1-2-3-4-5-6-9-21-14(20)12-8-7-11(10-13(12)16)15(17,18)19/h7-8,10H,2-6,9H2,1H3. The Hall–Kier alpha value is -1.59. The van der Waals surface area contributed by atoms with Crippen molar-refractivity contribution in [1.82, 2.24) is 0 Å². The van der Waals surface area contributed by atoms with Gasteiger partial charge in [-0.05, 0) is 24.6 Å². The van der Waals surface area contributed by atoms with E-state index in [1.807, 2.05) is 0 Å². The number of hydrogen-bond acceptors (Lipinski definition) is 2. The molecular formula is C15H18F4O2. The van der Waals surface area contributed by atoms with Crippen LogP contribution in [-0.4, -0.2) is 12.6 Å². The minimum absolute atomic E-state index is 0.142. The van der Waals surface area contributed by atoms with Gasteiger partial charge in [0.05, 0.1) is 17.7 Å². The summed E-state index contributed by atoms with van der Waals surface area (Å²) in [5.74, 6) is -2.16. The van der Waals surface area contributed by atoms with E-state index in [1.165, 1.54) is 0 Å². The highest BCUT2D eigenvalue weighted by Gasteiger charge is 2.31. The second kappa shape index (κ2) is 8.00. The molecule has 0 saturated heterocycles. The van der Waals surface area contributed by atoms with Crippen molar-refractivity contribution in [1.29, 1.82) is 0 Å². The van der Waals surface area contributed by atoms with Crippen LogP contribution in [0.3, 0.4) is 0 Å². The Kier molecular flexibility index (Phi) is 6.65. The molecule has 0 bridgehead atoms. The first-order chi connectivity index (χ1) is 9.86. The zero-order valence-electron chi connectivity index (χ0n) is 11.8. The van der Waals surface area contributed by atoms with Gasteiger partial charge in [-0.25, -0.2) is 9.18 Å². The Morgan fingerprint density at radius 3 is 2.38 bits per heavy atom. The van der Waals surface area contributed by atoms with E-state index in [2.05, 4.69) is 6.92 Å². The molecule has 0 unspecified atom stereocenters. The number of hydrogen-bond donors (Lipinski definition) is 0. The second-order valence-corrected chi connectivity index (χ2v) is 4.74. The van der Waals surface area contributed by atoms with Crippen LogP contribution in [0.25, 0.3) is 0 Å². The average molecular weight is 306 g/mol. The molecule has 0 radical (unpaired) electrons. The van der Waals surface area contributed by atoms with E-state index in [1.54, 1.807) is 0 Å². The molecule has 1 aromatic rings. The van der Waals surface area contributed by atoms with Crippen molar-refractivity contribution in [2.24, 2.45) is 0 Å². The summed E-state index contributed by atoms with van der Waals surface area (Å²) in [5.41, 5.74) is -1.60. The van der Waals surface area contributed by atoms with E-state index in [-0.39, 0.29) is 6.61 Å². The zero-order chi connectivity index (χ0) is 15.9. The maximum Gasteiger partial charge on any atom is 0.416 e. The van der Waals surface area contributed by atoms with Gasteiger partial charge in [0, 0.05) is 0 Å². The van der Waals surface area contributed by atoms with Crippen molar-refractivity contribution in [2.75, 3.05) is 6.61 Å². The molecule has 1 rings (SSSR count). The minimum atomic E-state index is -4.64. The molecular weight excluding hydrogens is 288 g/mol. The number of carbonyl (C=O) groups is 1. The van der Waals surface area contributed by atoms with Crippen molar-refractivity contribution in [3.63, 3.8) is 0 Å². The fourth-order valence-electron chi connectivity index (χ4n) is 1.81. The Balaban J connectivity index is 2.51. The summed E-state index contributed by atoms with van der Waals surface area (Å²) in [5, 5.41) is 0. The molecule has 0 amide bonds. The smallest absolute Gasteiger partial charge is 0.416 e. The van der Waals surface area contributed by atoms with Crippen LogP contribution in [0.4, 0.5) is 17.6 Å². The number of carbonyl (C=O) groups excluding carboxylic acids is 1. The largest absolute Gasteiger partial charge is 0.462 e. The van der Waals surface area contributed by atoms with Crippen LogP contribution < -0.4 is 0 Å². The first-order valence-electron chi connectivity index (χ1n) is 6.90. The molecule has 0 saturated carbocycles. The van der Waals surface area contributed by atoms with Crippen molar-refractivity contribution in [2.45, 2.75) is 45.2 Å². The number of halogens is 4. The Morgan fingerprint density at radius 2 is 1.81 bits per heavy atom.